The van der Waals surface area contributed by atoms with Crippen LogP contribution in [0.1, 0.15) is 24.1 Å². The third-order valence-electron chi connectivity index (χ3n) is 5.07. The summed E-state index contributed by atoms with van der Waals surface area (Å²) in [7, 11) is -1.69. The maximum absolute atomic E-state index is 13.0. The number of anilines is 1. The molecular formula is C18H24N6O2S. The van der Waals surface area contributed by atoms with Crippen LogP contribution in [0.2, 0.25) is 0 Å². The van der Waals surface area contributed by atoms with Crippen LogP contribution in [-0.4, -0.2) is 47.5 Å². The van der Waals surface area contributed by atoms with Gasteiger partial charge in [-0.3, -0.25) is 9.78 Å². The maximum atomic E-state index is 13.0. The first-order valence-corrected chi connectivity index (χ1v) is 10.5. The van der Waals surface area contributed by atoms with Crippen molar-refractivity contribution in [1.29, 1.82) is 0 Å². The average Bonchev–Trinajstić information content (AvgIpc) is 3.19. The molecule has 0 spiro atoms. The number of aromatic nitrogens is 4. The Morgan fingerprint density at radius 2 is 2.07 bits per heavy atom. The Labute approximate surface area is 158 Å². The molecule has 1 atom stereocenters. The molecule has 0 radical (unpaired) electrons. The summed E-state index contributed by atoms with van der Waals surface area (Å²) < 4.78 is 30.8. The van der Waals surface area contributed by atoms with Gasteiger partial charge in [0.1, 0.15) is 5.82 Å². The quantitative estimate of drug-likeness (QED) is 0.711. The molecule has 144 valence electrons. The summed E-state index contributed by atoms with van der Waals surface area (Å²) in [5.74, 6) is 1.02. The summed E-state index contributed by atoms with van der Waals surface area (Å²) in [6.07, 6.45) is 3.39. The average molecular weight is 388 g/mol. The van der Waals surface area contributed by atoms with Gasteiger partial charge < -0.3 is 4.90 Å². The molecule has 1 aromatic carbocycles. The van der Waals surface area contributed by atoms with E-state index in [-0.39, 0.29) is 6.04 Å². The van der Waals surface area contributed by atoms with Crippen LogP contribution in [0.25, 0.3) is 10.9 Å². The van der Waals surface area contributed by atoms with E-state index in [0.717, 1.165) is 41.8 Å². The first kappa shape index (κ1) is 18.0. The van der Waals surface area contributed by atoms with Crippen molar-refractivity contribution in [3.8, 4) is 0 Å². The van der Waals surface area contributed by atoms with Crippen LogP contribution in [0.4, 0.5) is 5.82 Å². The van der Waals surface area contributed by atoms with Gasteiger partial charge in [0.25, 0.3) is 0 Å². The van der Waals surface area contributed by atoms with Gasteiger partial charge in [-0.25, -0.2) is 13.1 Å². The molecule has 0 bridgehead atoms. The SMILES string of the molecule is Cc1cc(N2CCCC(NS(=O)(=O)c3cc4cn[nH]c4cc3C)C2)n(C)n1. The number of aryl methyl sites for hydroxylation is 3. The van der Waals surface area contributed by atoms with E-state index in [1.165, 1.54) is 0 Å². The third kappa shape index (κ3) is 3.44. The fourth-order valence-corrected chi connectivity index (χ4v) is 5.35. The van der Waals surface area contributed by atoms with E-state index in [2.05, 4.69) is 24.9 Å². The highest BCUT2D eigenvalue weighted by Crippen LogP contribution is 2.24. The van der Waals surface area contributed by atoms with Gasteiger partial charge in [0.15, 0.2) is 0 Å². The molecule has 27 heavy (non-hydrogen) atoms. The number of hydrogen-bond acceptors (Lipinski definition) is 5. The van der Waals surface area contributed by atoms with Gasteiger partial charge in [0, 0.05) is 37.6 Å². The number of rotatable bonds is 4. The molecule has 2 N–H and O–H groups in total. The van der Waals surface area contributed by atoms with E-state index in [1.54, 1.807) is 19.2 Å². The first-order valence-electron chi connectivity index (χ1n) is 9.05. The summed E-state index contributed by atoms with van der Waals surface area (Å²) in [5.41, 5.74) is 2.50. The topological polar surface area (TPSA) is 95.9 Å². The van der Waals surface area contributed by atoms with E-state index in [0.29, 0.717) is 17.0 Å². The van der Waals surface area contributed by atoms with Crippen molar-refractivity contribution < 1.29 is 8.42 Å². The predicted octanol–water partition coefficient (Wildman–Crippen LogP) is 1.86. The van der Waals surface area contributed by atoms with Crippen LogP contribution in [0.3, 0.4) is 0 Å². The second kappa shape index (κ2) is 6.65. The highest BCUT2D eigenvalue weighted by molar-refractivity contribution is 7.89. The van der Waals surface area contributed by atoms with Gasteiger partial charge in [0.2, 0.25) is 10.0 Å². The Bertz CT molecular complexity index is 1080. The second-order valence-corrected chi connectivity index (χ2v) is 8.93. The van der Waals surface area contributed by atoms with Crippen molar-refractivity contribution in [1.82, 2.24) is 24.7 Å². The molecule has 3 heterocycles. The molecule has 0 saturated carbocycles. The van der Waals surface area contributed by atoms with Crippen LogP contribution < -0.4 is 9.62 Å². The van der Waals surface area contributed by atoms with E-state index in [4.69, 9.17) is 0 Å². The largest absolute Gasteiger partial charge is 0.355 e. The number of nitrogens with zero attached hydrogens (tertiary/aromatic N) is 4. The highest BCUT2D eigenvalue weighted by Gasteiger charge is 2.27. The van der Waals surface area contributed by atoms with Gasteiger partial charge in [-0.05, 0) is 44.4 Å². The fourth-order valence-electron chi connectivity index (χ4n) is 3.83. The van der Waals surface area contributed by atoms with Crippen molar-refractivity contribution in [2.75, 3.05) is 18.0 Å². The summed E-state index contributed by atoms with van der Waals surface area (Å²) in [6.45, 7) is 5.30. The second-order valence-electron chi connectivity index (χ2n) is 7.25. The Morgan fingerprint density at radius 3 is 2.81 bits per heavy atom. The Balaban J connectivity index is 1.56. The fraction of sp³-hybridized carbons (Fsp3) is 0.444. The standard InChI is InChI=1S/C18H24N6O2S/c1-12-7-16-14(10-19-20-16)9-17(12)27(25,26)22-15-5-4-6-24(11-15)18-8-13(2)21-23(18)3/h7-10,15,22H,4-6,11H2,1-3H3,(H,19,20). The van der Waals surface area contributed by atoms with Crippen molar-refractivity contribution in [2.24, 2.45) is 7.05 Å². The van der Waals surface area contributed by atoms with Crippen molar-refractivity contribution >= 4 is 26.7 Å². The van der Waals surface area contributed by atoms with Gasteiger partial charge in [-0.15, -0.1) is 0 Å². The molecule has 9 heteroatoms. The molecule has 8 nitrogen and oxygen atoms in total. The summed E-state index contributed by atoms with van der Waals surface area (Å²) in [4.78, 5) is 2.51. The lowest BCUT2D eigenvalue weighted by molar-refractivity contribution is 0.460. The molecule has 1 fully saturated rings. The van der Waals surface area contributed by atoms with E-state index >= 15 is 0 Å². The predicted molar refractivity (Wildman–Crippen MR) is 104 cm³/mol. The Hall–Kier alpha value is -2.39. The number of nitrogens with one attached hydrogen (secondary N) is 2. The zero-order chi connectivity index (χ0) is 19.2. The molecular weight excluding hydrogens is 364 g/mol. The van der Waals surface area contributed by atoms with Crippen LogP contribution in [0, 0.1) is 13.8 Å². The van der Waals surface area contributed by atoms with Gasteiger partial charge >= 0.3 is 0 Å². The molecule has 1 aliphatic rings. The van der Waals surface area contributed by atoms with E-state index in [9.17, 15) is 8.42 Å². The molecule has 4 rings (SSSR count). The lowest BCUT2D eigenvalue weighted by Gasteiger charge is -2.34. The number of sulfonamides is 1. The minimum atomic E-state index is -3.61. The molecule has 0 amide bonds. The minimum absolute atomic E-state index is 0.140. The maximum Gasteiger partial charge on any atom is 0.241 e. The molecule has 1 saturated heterocycles. The molecule has 3 aromatic rings. The van der Waals surface area contributed by atoms with Crippen LogP contribution >= 0.6 is 0 Å². The smallest absolute Gasteiger partial charge is 0.241 e. The Morgan fingerprint density at radius 1 is 1.26 bits per heavy atom. The van der Waals surface area contributed by atoms with E-state index in [1.807, 2.05) is 30.8 Å². The monoisotopic (exact) mass is 388 g/mol. The zero-order valence-electron chi connectivity index (χ0n) is 15.7. The summed E-state index contributed by atoms with van der Waals surface area (Å²) >= 11 is 0. The van der Waals surface area contributed by atoms with Crippen molar-refractivity contribution in [3.05, 3.63) is 35.7 Å². The lowest BCUT2D eigenvalue weighted by Crippen LogP contribution is -2.48. The number of fused-ring (bicyclic) bond motifs is 1. The van der Waals surface area contributed by atoms with Crippen molar-refractivity contribution in [2.45, 2.75) is 37.6 Å². The number of benzene rings is 1. The van der Waals surface area contributed by atoms with Crippen LogP contribution in [0.15, 0.2) is 29.3 Å². The third-order valence-corrected chi connectivity index (χ3v) is 6.73. The highest BCUT2D eigenvalue weighted by atomic mass is 32.2. The summed E-state index contributed by atoms with van der Waals surface area (Å²) in [6, 6.07) is 5.40. The van der Waals surface area contributed by atoms with Crippen LogP contribution in [-0.2, 0) is 17.1 Å². The minimum Gasteiger partial charge on any atom is -0.355 e. The number of piperidine rings is 1. The molecule has 1 aliphatic heterocycles. The number of hydrogen-bond donors (Lipinski definition) is 2. The normalized spacial score (nSPS) is 18.3. The zero-order valence-corrected chi connectivity index (χ0v) is 16.5. The van der Waals surface area contributed by atoms with Crippen molar-refractivity contribution in [3.63, 3.8) is 0 Å². The Kier molecular flexibility index (Phi) is 4.43. The number of aromatic amines is 1. The molecule has 0 aliphatic carbocycles. The molecule has 1 unspecified atom stereocenters. The van der Waals surface area contributed by atoms with Gasteiger partial charge in [-0.2, -0.15) is 10.2 Å². The van der Waals surface area contributed by atoms with Gasteiger partial charge in [0.05, 0.1) is 22.3 Å². The van der Waals surface area contributed by atoms with E-state index < -0.39 is 10.0 Å². The van der Waals surface area contributed by atoms with Gasteiger partial charge in [-0.1, -0.05) is 0 Å². The summed E-state index contributed by atoms with van der Waals surface area (Å²) in [5, 5.41) is 12.0. The number of H-pyrrole nitrogens is 1. The lowest BCUT2D eigenvalue weighted by atomic mass is 10.1. The first-order chi connectivity index (χ1) is 12.8. The molecule has 2 aromatic heterocycles. The van der Waals surface area contributed by atoms with Crippen LogP contribution in [0.5, 0.6) is 0 Å².